The number of hydrogen-bond acceptors (Lipinski definition) is 3. The molecular weight excluding hydrogens is 278 g/mol. The van der Waals surface area contributed by atoms with E-state index in [2.05, 4.69) is 0 Å². The third kappa shape index (κ3) is 1.91. The quantitative estimate of drug-likeness (QED) is 0.622. The molecule has 5 heteroatoms. The van der Waals surface area contributed by atoms with Gasteiger partial charge in [-0.05, 0) is 31.0 Å². The van der Waals surface area contributed by atoms with Crippen molar-refractivity contribution in [3.8, 4) is 5.75 Å². The second-order valence-corrected chi connectivity index (χ2v) is 5.39. The van der Waals surface area contributed by atoms with Crippen LogP contribution in [0.2, 0.25) is 5.02 Å². The van der Waals surface area contributed by atoms with Crippen LogP contribution in [-0.4, -0.2) is 18.9 Å². The summed E-state index contributed by atoms with van der Waals surface area (Å²) < 4.78 is 5.08. The molecule has 1 heterocycles. The molecule has 20 heavy (non-hydrogen) atoms. The molecule has 0 N–H and O–H groups in total. The lowest BCUT2D eigenvalue weighted by Crippen LogP contribution is -2.30. The zero-order chi connectivity index (χ0) is 14.3. The fraction of sp³-hybridized carbons (Fsp3) is 0.333. The van der Waals surface area contributed by atoms with Crippen molar-refractivity contribution in [1.29, 1.82) is 0 Å². The van der Waals surface area contributed by atoms with Crippen LogP contribution in [0.25, 0.3) is 0 Å². The summed E-state index contributed by atoms with van der Waals surface area (Å²) in [6.45, 7) is 0. The van der Waals surface area contributed by atoms with Crippen LogP contribution in [0.3, 0.4) is 0 Å². The van der Waals surface area contributed by atoms with E-state index in [1.165, 1.54) is 12.0 Å². The Morgan fingerprint density at radius 2 is 1.75 bits per heavy atom. The SMILES string of the molecule is COc1ccc(N2C(=O)[C@H]3CC=CC[C@H]3C2=O)cc1Cl. The number of halogens is 1. The molecule has 0 unspecified atom stereocenters. The number of rotatable bonds is 2. The molecule has 1 fully saturated rings. The van der Waals surface area contributed by atoms with E-state index >= 15 is 0 Å². The number of fused-ring (bicyclic) bond motifs is 1. The molecule has 4 nitrogen and oxygen atoms in total. The van der Waals surface area contributed by atoms with Gasteiger partial charge in [-0.3, -0.25) is 9.59 Å². The van der Waals surface area contributed by atoms with E-state index in [4.69, 9.17) is 16.3 Å². The molecule has 104 valence electrons. The molecule has 1 aromatic rings. The molecule has 3 rings (SSSR count). The van der Waals surface area contributed by atoms with Crippen LogP contribution in [0.1, 0.15) is 12.8 Å². The van der Waals surface area contributed by atoms with Gasteiger partial charge in [0.05, 0.1) is 29.7 Å². The number of methoxy groups -OCH3 is 1. The van der Waals surface area contributed by atoms with E-state index in [9.17, 15) is 9.59 Å². The van der Waals surface area contributed by atoms with Crippen molar-refractivity contribution in [2.75, 3.05) is 12.0 Å². The van der Waals surface area contributed by atoms with Gasteiger partial charge in [-0.2, -0.15) is 0 Å². The fourth-order valence-corrected chi connectivity index (χ4v) is 3.10. The van der Waals surface area contributed by atoms with Crippen LogP contribution in [0.4, 0.5) is 5.69 Å². The van der Waals surface area contributed by atoms with Crippen molar-refractivity contribution in [3.63, 3.8) is 0 Å². The number of ether oxygens (including phenoxy) is 1. The summed E-state index contributed by atoms with van der Waals surface area (Å²) in [5, 5.41) is 0.388. The van der Waals surface area contributed by atoms with Crippen molar-refractivity contribution in [2.45, 2.75) is 12.8 Å². The number of carbonyl (C=O) groups excluding carboxylic acids is 2. The molecule has 0 saturated carbocycles. The number of imide groups is 1. The smallest absolute Gasteiger partial charge is 0.238 e. The molecule has 2 aliphatic rings. The molecule has 0 bridgehead atoms. The third-order valence-electron chi connectivity index (χ3n) is 3.90. The Bertz CT molecular complexity index is 585. The topological polar surface area (TPSA) is 46.6 Å². The van der Waals surface area contributed by atoms with Gasteiger partial charge in [-0.1, -0.05) is 23.8 Å². The van der Waals surface area contributed by atoms with Gasteiger partial charge >= 0.3 is 0 Å². The van der Waals surface area contributed by atoms with Crippen molar-refractivity contribution in [2.24, 2.45) is 11.8 Å². The van der Waals surface area contributed by atoms with Crippen LogP contribution >= 0.6 is 11.6 Å². The summed E-state index contributed by atoms with van der Waals surface area (Å²) in [7, 11) is 1.52. The van der Waals surface area contributed by atoms with Crippen molar-refractivity contribution in [3.05, 3.63) is 35.4 Å². The first-order valence-electron chi connectivity index (χ1n) is 6.50. The number of nitrogens with zero attached hydrogens (tertiary/aromatic N) is 1. The highest BCUT2D eigenvalue weighted by Gasteiger charge is 2.47. The lowest BCUT2D eigenvalue weighted by atomic mass is 9.85. The van der Waals surface area contributed by atoms with E-state index in [1.807, 2.05) is 12.2 Å². The molecule has 2 amide bonds. The highest BCUT2D eigenvalue weighted by molar-refractivity contribution is 6.32. The van der Waals surface area contributed by atoms with Gasteiger partial charge in [0.25, 0.3) is 0 Å². The van der Waals surface area contributed by atoms with Gasteiger partial charge in [0.2, 0.25) is 11.8 Å². The maximum atomic E-state index is 12.4. The minimum absolute atomic E-state index is 0.134. The maximum Gasteiger partial charge on any atom is 0.238 e. The Morgan fingerprint density at radius 1 is 1.15 bits per heavy atom. The minimum atomic E-state index is -0.228. The van der Waals surface area contributed by atoms with Gasteiger partial charge in [0.15, 0.2) is 0 Å². The number of amides is 2. The second-order valence-electron chi connectivity index (χ2n) is 4.99. The Balaban J connectivity index is 1.96. The molecule has 0 radical (unpaired) electrons. The highest BCUT2D eigenvalue weighted by atomic mass is 35.5. The number of anilines is 1. The van der Waals surface area contributed by atoms with Gasteiger partial charge in [-0.15, -0.1) is 0 Å². The van der Waals surface area contributed by atoms with E-state index in [1.54, 1.807) is 18.2 Å². The second kappa shape index (κ2) is 4.94. The Kier molecular flexibility index (Phi) is 3.26. The first-order chi connectivity index (χ1) is 9.63. The zero-order valence-corrected chi connectivity index (χ0v) is 11.8. The standard InChI is InChI=1S/C15H14ClNO3/c1-20-13-7-6-9(8-12(13)16)17-14(18)10-4-2-3-5-11(10)15(17)19/h2-3,6-8,10-11H,4-5H2,1H3/t10-,11+. The highest BCUT2D eigenvalue weighted by Crippen LogP contribution is 2.39. The van der Waals surface area contributed by atoms with Crippen LogP contribution in [0.15, 0.2) is 30.4 Å². The third-order valence-corrected chi connectivity index (χ3v) is 4.20. The first kappa shape index (κ1) is 13.2. The Morgan fingerprint density at radius 3 is 2.25 bits per heavy atom. The first-order valence-corrected chi connectivity index (χ1v) is 6.87. The van der Waals surface area contributed by atoms with E-state index in [-0.39, 0.29) is 23.7 Å². The largest absolute Gasteiger partial charge is 0.495 e. The summed E-state index contributed by atoms with van der Waals surface area (Å²) in [5.41, 5.74) is 0.514. The molecule has 1 saturated heterocycles. The summed E-state index contributed by atoms with van der Waals surface area (Å²) in [6.07, 6.45) is 5.21. The van der Waals surface area contributed by atoms with Gasteiger partial charge in [0.1, 0.15) is 5.75 Å². The monoisotopic (exact) mass is 291 g/mol. The maximum absolute atomic E-state index is 12.4. The Hall–Kier alpha value is -1.81. The van der Waals surface area contributed by atoms with Gasteiger partial charge in [-0.25, -0.2) is 4.90 Å². The molecule has 2 atom stereocenters. The number of benzene rings is 1. The van der Waals surface area contributed by atoms with Gasteiger partial charge in [0, 0.05) is 0 Å². The lowest BCUT2D eigenvalue weighted by molar-refractivity contribution is -0.122. The summed E-state index contributed by atoms with van der Waals surface area (Å²) in [6, 6.07) is 4.95. The van der Waals surface area contributed by atoms with Crippen molar-refractivity contribution in [1.82, 2.24) is 0 Å². The van der Waals surface area contributed by atoms with E-state index in [0.29, 0.717) is 29.3 Å². The van der Waals surface area contributed by atoms with Crippen LogP contribution < -0.4 is 9.64 Å². The number of hydrogen-bond donors (Lipinski definition) is 0. The van der Waals surface area contributed by atoms with E-state index < -0.39 is 0 Å². The van der Waals surface area contributed by atoms with Crippen LogP contribution in [-0.2, 0) is 9.59 Å². The fourth-order valence-electron chi connectivity index (χ4n) is 2.85. The molecule has 1 aliphatic carbocycles. The molecule has 1 aromatic carbocycles. The van der Waals surface area contributed by atoms with Crippen LogP contribution in [0.5, 0.6) is 5.75 Å². The predicted octanol–water partition coefficient (Wildman–Crippen LogP) is 2.80. The van der Waals surface area contributed by atoms with Crippen LogP contribution in [0, 0.1) is 11.8 Å². The van der Waals surface area contributed by atoms with E-state index in [0.717, 1.165) is 0 Å². The van der Waals surface area contributed by atoms with Crippen molar-refractivity contribution < 1.29 is 14.3 Å². The zero-order valence-electron chi connectivity index (χ0n) is 11.0. The van der Waals surface area contributed by atoms with Crippen molar-refractivity contribution >= 4 is 29.1 Å². The lowest BCUT2D eigenvalue weighted by Gasteiger charge is -2.16. The normalized spacial score (nSPS) is 25.0. The molecular formula is C15H14ClNO3. The summed E-state index contributed by atoms with van der Waals surface area (Å²) in [5.74, 6) is -0.202. The summed E-state index contributed by atoms with van der Waals surface area (Å²) in [4.78, 5) is 26.1. The summed E-state index contributed by atoms with van der Waals surface area (Å²) >= 11 is 6.07. The molecule has 0 aromatic heterocycles. The van der Waals surface area contributed by atoms with Gasteiger partial charge < -0.3 is 4.74 Å². The predicted molar refractivity (Wildman–Crippen MR) is 75.9 cm³/mol. The number of carbonyl (C=O) groups is 2. The average molecular weight is 292 g/mol. The molecule has 1 aliphatic heterocycles. The average Bonchev–Trinajstić information content (AvgIpc) is 2.71. The minimum Gasteiger partial charge on any atom is -0.495 e. The number of allylic oxidation sites excluding steroid dienone is 2. The Labute approximate surface area is 122 Å². The molecule has 0 spiro atoms.